The Labute approximate surface area is 190 Å². The Kier molecular flexibility index (Phi) is 5.70. The Bertz CT molecular complexity index is 1210. The molecule has 5 rings (SSSR count). The first-order valence-corrected chi connectivity index (χ1v) is 12.8. The van der Waals surface area contributed by atoms with E-state index in [0.717, 1.165) is 42.0 Å². The predicted molar refractivity (Wildman–Crippen MR) is 122 cm³/mol. The molecule has 2 atom stereocenters. The molecule has 0 spiro atoms. The van der Waals surface area contributed by atoms with Gasteiger partial charge in [-0.2, -0.15) is 4.37 Å². The topological polar surface area (TPSA) is 132 Å². The van der Waals surface area contributed by atoms with Gasteiger partial charge in [-0.1, -0.05) is 12.5 Å². The van der Waals surface area contributed by atoms with E-state index < -0.39 is 10.0 Å². The lowest BCUT2D eigenvalue weighted by molar-refractivity contribution is 0.260. The van der Waals surface area contributed by atoms with Gasteiger partial charge >= 0.3 is 0 Å². The van der Waals surface area contributed by atoms with E-state index in [1.54, 1.807) is 12.1 Å². The van der Waals surface area contributed by atoms with Crippen LogP contribution in [0.1, 0.15) is 47.9 Å². The van der Waals surface area contributed by atoms with E-state index in [1.807, 2.05) is 18.3 Å². The molecule has 0 aliphatic carbocycles. The van der Waals surface area contributed by atoms with Gasteiger partial charge in [-0.15, -0.1) is 0 Å². The van der Waals surface area contributed by atoms with E-state index in [9.17, 15) is 8.42 Å². The molecule has 4 heterocycles. The minimum absolute atomic E-state index is 0.122. The molecule has 4 N–H and O–H groups in total. The van der Waals surface area contributed by atoms with Gasteiger partial charge in [-0.3, -0.25) is 4.72 Å². The zero-order valence-corrected chi connectivity index (χ0v) is 19.0. The smallest absolute Gasteiger partial charge is 0.263 e. The Balaban J connectivity index is 1.39. The van der Waals surface area contributed by atoms with E-state index in [4.69, 9.17) is 10.5 Å². The lowest BCUT2D eigenvalue weighted by Crippen LogP contribution is -2.29. The molecule has 0 saturated carbocycles. The molecule has 0 radical (unpaired) electrons. The van der Waals surface area contributed by atoms with E-state index in [0.29, 0.717) is 18.2 Å². The highest BCUT2D eigenvalue weighted by atomic mass is 32.2. The number of hydrogen-bond donors (Lipinski definition) is 3. The van der Waals surface area contributed by atoms with Gasteiger partial charge in [0.05, 0.1) is 11.5 Å². The maximum atomic E-state index is 12.7. The van der Waals surface area contributed by atoms with Crippen molar-refractivity contribution in [3.63, 3.8) is 0 Å². The highest BCUT2D eigenvalue weighted by molar-refractivity contribution is 7.93. The predicted octanol–water partition coefficient (Wildman–Crippen LogP) is 2.85. The summed E-state index contributed by atoms with van der Waals surface area (Å²) in [6.45, 7) is 1.45. The van der Waals surface area contributed by atoms with Crippen LogP contribution < -0.4 is 20.5 Å². The van der Waals surface area contributed by atoms with Crippen molar-refractivity contribution >= 4 is 32.5 Å². The number of anilines is 2. The van der Waals surface area contributed by atoms with Gasteiger partial charge in [0.25, 0.3) is 10.0 Å². The number of nitrogens with one attached hydrogen (secondary N) is 2. The van der Waals surface area contributed by atoms with Gasteiger partial charge in [0.15, 0.2) is 0 Å². The molecule has 9 nitrogen and oxygen atoms in total. The summed E-state index contributed by atoms with van der Waals surface area (Å²) >= 11 is 0.983. The fourth-order valence-corrected chi connectivity index (χ4v) is 6.05. The van der Waals surface area contributed by atoms with Crippen LogP contribution in [0.2, 0.25) is 0 Å². The molecule has 1 aromatic carbocycles. The number of nitrogen functional groups attached to an aromatic ring is 1. The van der Waals surface area contributed by atoms with E-state index in [-0.39, 0.29) is 22.0 Å². The maximum Gasteiger partial charge on any atom is 0.263 e. The summed E-state index contributed by atoms with van der Waals surface area (Å²) in [5.41, 5.74) is 9.30. The zero-order valence-electron chi connectivity index (χ0n) is 17.3. The molecule has 3 aromatic rings. The van der Waals surface area contributed by atoms with Crippen LogP contribution in [0, 0.1) is 0 Å². The first-order valence-electron chi connectivity index (χ1n) is 10.5. The van der Waals surface area contributed by atoms with E-state index in [1.165, 1.54) is 24.7 Å². The summed E-state index contributed by atoms with van der Waals surface area (Å²) in [4.78, 5) is 8.35. The van der Waals surface area contributed by atoms with Crippen LogP contribution in [-0.4, -0.2) is 35.9 Å². The third-order valence-electron chi connectivity index (χ3n) is 5.95. The normalized spacial score (nSPS) is 20.9. The molecule has 0 bridgehead atoms. The Morgan fingerprint density at radius 2 is 2.09 bits per heavy atom. The number of piperidine rings is 1. The number of pyridine rings is 1. The van der Waals surface area contributed by atoms with Crippen LogP contribution in [-0.2, 0) is 16.4 Å². The van der Waals surface area contributed by atoms with Gasteiger partial charge in [0.2, 0.25) is 5.13 Å². The summed E-state index contributed by atoms with van der Waals surface area (Å²) in [5, 5.41) is 3.82. The SMILES string of the molecule is Nc1cc([C@@H]2CCCCN2)c(C2COc3cc(S(=O)(=O)Nc4ncns4)ccc3C2)cn1. The van der Waals surface area contributed by atoms with Crippen molar-refractivity contribution in [2.24, 2.45) is 0 Å². The van der Waals surface area contributed by atoms with Crippen LogP contribution in [0.4, 0.5) is 10.9 Å². The molecule has 1 unspecified atom stereocenters. The molecular weight excluding hydrogens is 448 g/mol. The van der Waals surface area contributed by atoms with E-state index >= 15 is 0 Å². The molecule has 1 fully saturated rings. The molecule has 2 aromatic heterocycles. The number of nitrogens with two attached hydrogens (primary N) is 1. The average Bonchev–Trinajstić information content (AvgIpc) is 3.31. The third-order valence-corrected chi connectivity index (χ3v) is 8.00. The molecule has 1 saturated heterocycles. The van der Waals surface area contributed by atoms with Crippen molar-refractivity contribution < 1.29 is 13.2 Å². The summed E-state index contributed by atoms with van der Waals surface area (Å²) in [7, 11) is -3.76. The second-order valence-electron chi connectivity index (χ2n) is 8.07. The number of ether oxygens (including phenoxy) is 1. The quantitative estimate of drug-likeness (QED) is 0.516. The first-order chi connectivity index (χ1) is 15.5. The summed E-state index contributed by atoms with van der Waals surface area (Å²) in [5.74, 6) is 1.23. The summed E-state index contributed by atoms with van der Waals surface area (Å²) in [6.07, 6.45) is 7.36. The van der Waals surface area contributed by atoms with Gasteiger partial charge in [-0.25, -0.2) is 18.4 Å². The molecule has 168 valence electrons. The van der Waals surface area contributed by atoms with E-state index in [2.05, 4.69) is 24.4 Å². The highest BCUT2D eigenvalue weighted by Gasteiger charge is 2.28. The van der Waals surface area contributed by atoms with Gasteiger partial charge in [-0.05, 0) is 54.6 Å². The standard InChI is InChI=1S/C21H24N6O3S2/c22-20-9-16(18-3-1-2-6-23-18)17(10-24-20)14-7-13-4-5-15(8-19(13)30-11-14)32(28,29)27-21-25-12-26-31-21/h4-5,8-10,12,14,18,23H,1-3,6-7,11H2,(H2,22,24)(H,25,26,27)/t14?,18-/m0/s1. The van der Waals surface area contributed by atoms with Gasteiger partial charge < -0.3 is 15.8 Å². The van der Waals surface area contributed by atoms with Crippen molar-refractivity contribution in [1.82, 2.24) is 19.7 Å². The largest absolute Gasteiger partial charge is 0.493 e. The fourth-order valence-electron chi connectivity index (χ4n) is 4.37. The Hall–Kier alpha value is -2.76. The average molecular weight is 473 g/mol. The number of nitrogens with zero attached hydrogens (tertiary/aromatic N) is 3. The van der Waals surface area contributed by atoms with Crippen molar-refractivity contribution in [3.8, 4) is 5.75 Å². The summed E-state index contributed by atoms with van der Waals surface area (Å²) < 4.78 is 37.6. The number of fused-ring (bicyclic) bond motifs is 1. The Morgan fingerprint density at radius 3 is 2.88 bits per heavy atom. The van der Waals surface area contributed by atoms with Crippen LogP contribution in [0.3, 0.4) is 0 Å². The Morgan fingerprint density at radius 1 is 1.19 bits per heavy atom. The summed E-state index contributed by atoms with van der Waals surface area (Å²) in [6, 6.07) is 7.23. The maximum absolute atomic E-state index is 12.7. The van der Waals surface area contributed by atoms with Crippen LogP contribution in [0.25, 0.3) is 0 Å². The number of rotatable bonds is 5. The molecule has 32 heavy (non-hydrogen) atoms. The highest BCUT2D eigenvalue weighted by Crippen LogP contribution is 2.38. The van der Waals surface area contributed by atoms with Crippen LogP contribution in [0.15, 0.2) is 41.7 Å². The third kappa shape index (κ3) is 4.27. The van der Waals surface area contributed by atoms with Crippen molar-refractivity contribution in [3.05, 3.63) is 53.5 Å². The van der Waals surface area contributed by atoms with Crippen molar-refractivity contribution in [2.75, 3.05) is 23.6 Å². The minimum Gasteiger partial charge on any atom is -0.493 e. The van der Waals surface area contributed by atoms with Gasteiger partial charge in [0.1, 0.15) is 17.9 Å². The second kappa shape index (κ2) is 8.64. The van der Waals surface area contributed by atoms with Crippen LogP contribution in [0.5, 0.6) is 5.75 Å². The molecular formula is C21H24N6O3S2. The molecule has 11 heteroatoms. The number of benzene rings is 1. The van der Waals surface area contributed by atoms with Crippen LogP contribution >= 0.6 is 11.5 Å². The second-order valence-corrected chi connectivity index (χ2v) is 10.5. The molecule has 0 amide bonds. The van der Waals surface area contributed by atoms with Crippen molar-refractivity contribution in [2.45, 2.75) is 42.5 Å². The molecule has 2 aliphatic heterocycles. The number of hydrogen-bond acceptors (Lipinski definition) is 9. The van der Waals surface area contributed by atoms with Gasteiger partial charge in [0, 0.05) is 35.8 Å². The van der Waals surface area contributed by atoms with Crippen molar-refractivity contribution in [1.29, 1.82) is 0 Å². The monoisotopic (exact) mass is 472 g/mol. The fraction of sp³-hybridized carbons (Fsp3) is 0.381. The molecule has 2 aliphatic rings. The lowest BCUT2D eigenvalue weighted by atomic mass is 9.85. The lowest BCUT2D eigenvalue weighted by Gasteiger charge is -2.31. The number of aromatic nitrogens is 3. The zero-order chi connectivity index (χ0) is 22.1. The minimum atomic E-state index is -3.76. The first kappa shape index (κ1) is 21.1. The number of sulfonamides is 1.